The largest absolute Gasteiger partial charge is 0.446 e. The van der Waals surface area contributed by atoms with E-state index < -0.39 is 0 Å². The molecule has 24 heavy (non-hydrogen) atoms. The van der Waals surface area contributed by atoms with Gasteiger partial charge in [-0.05, 0) is 37.6 Å². The van der Waals surface area contributed by atoms with Crippen molar-refractivity contribution in [2.24, 2.45) is 0 Å². The molecule has 0 saturated carbocycles. The summed E-state index contributed by atoms with van der Waals surface area (Å²) in [5, 5.41) is 3.66. The fourth-order valence-electron chi connectivity index (χ4n) is 2.82. The van der Waals surface area contributed by atoms with Gasteiger partial charge in [0.25, 0.3) is 0 Å². The molecule has 0 radical (unpaired) electrons. The highest BCUT2D eigenvalue weighted by molar-refractivity contribution is 7.99. The van der Waals surface area contributed by atoms with E-state index in [0.29, 0.717) is 18.1 Å². The first-order chi connectivity index (χ1) is 11.7. The Balaban J connectivity index is 1.58. The smallest absolute Gasteiger partial charge is 0.243 e. The van der Waals surface area contributed by atoms with Crippen LogP contribution in [0.2, 0.25) is 0 Å². The minimum atomic E-state index is -0.208. The van der Waals surface area contributed by atoms with E-state index in [9.17, 15) is 4.79 Å². The average molecular weight is 339 g/mol. The van der Waals surface area contributed by atoms with Gasteiger partial charge in [-0.3, -0.25) is 4.79 Å². The second kappa shape index (κ2) is 6.20. The molecular weight excluding hydrogens is 322 g/mol. The van der Waals surface area contributed by atoms with Crippen molar-refractivity contribution < 1.29 is 9.21 Å². The molecule has 1 N–H and O–H groups in total. The molecule has 1 aromatic carbocycles. The van der Waals surface area contributed by atoms with Crippen molar-refractivity contribution in [3.8, 4) is 11.6 Å². The molecule has 0 aliphatic carbocycles. The number of rotatable bonds is 4. The Bertz CT molecular complexity index is 867. The van der Waals surface area contributed by atoms with Crippen LogP contribution in [0.15, 0.2) is 63.2 Å². The summed E-state index contributed by atoms with van der Waals surface area (Å²) in [5.74, 6) is 1.40. The van der Waals surface area contributed by atoms with Crippen molar-refractivity contribution in [3.63, 3.8) is 0 Å². The summed E-state index contributed by atoms with van der Waals surface area (Å²) < 4.78 is 7.84. The first kappa shape index (κ1) is 15.1. The molecule has 1 aliphatic rings. The fourth-order valence-corrected chi connectivity index (χ4v) is 3.59. The molecule has 1 amide bonds. The number of carbonyl (C=O) groups is 1. The van der Waals surface area contributed by atoms with Crippen LogP contribution in [0.1, 0.15) is 18.0 Å². The maximum Gasteiger partial charge on any atom is 0.243 e. The lowest BCUT2D eigenvalue weighted by molar-refractivity contribution is -0.121. The summed E-state index contributed by atoms with van der Waals surface area (Å²) in [6, 6.07) is 11.9. The second-order valence-corrected chi connectivity index (χ2v) is 6.87. The third-order valence-electron chi connectivity index (χ3n) is 4.07. The zero-order valence-corrected chi connectivity index (χ0v) is 14.0. The molecule has 5 nitrogen and oxygen atoms in total. The van der Waals surface area contributed by atoms with Gasteiger partial charge in [0.15, 0.2) is 16.7 Å². The highest BCUT2D eigenvalue weighted by atomic mass is 32.2. The van der Waals surface area contributed by atoms with Gasteiger partial charge in [0.05, 0.1) is 0 Å². The predicted octanol–water partition coefficient (Wildman–Crippen LogP) is 3.66. The van der Waals surface area contributed by atoms with Gasteiger partial charge in [0.1, 0.15) is 6.04 Å². The number of aryl methyl sites for hydroxylation is 1. The van der Waals surface area contributed by atoms with E-state index in [1.165, 1.54) is 5.56 Å². The standard InChI is InChI=1S/C18H17N3O2S/c1-12-2-4-13(5-3-12)24-16-7-6-15(23-16)17-19-10-11-21(17)14-8-9-20-18(14)22/h2-7,10-11,14H,8-9H2,1H3,(H,20,22). The van der Waals surface area contributed by atoms with Crippen LogP contribution in [-0.4, -0.2) is 22.0 Å². The van der Waals surface area contributed by atoms with Crippen molar-refractivity contribution in [3.05, 3.63) is 54.4 Å². The molecule has 1 fully saturated rings. The Morgan fingerprint density at radius 2 is 2.08 bits per heavy atom. The Kier molecular flexibility index (Phi) is 3.90. The zero-order valence-electron chi connectivity index (χ0n) is 13.2. The molecule has 3 aromatic rings. The molecule has 1 unspecified atom stereocenters. The summed E-state index contributed by atoms with van der Waals surface area (Å²) in [6.45, 7) is 2.77. The number of carbonyl (C=O) groups excluding carboxylic acids is 1. The SMILES string of the molecule is Cc1ccc(Sc2ccc(-c3nccn3C3CCNC3=O)o2)cc1. The third-order valence-corrected chi connectivity index (χ3v) is 4.99. The molecule has 1 aliphatic heterocycles. The Labute approximate surface area is 144 Å². The summed E-state index contributed by atoms with van der Waals surface area (Å²) in [5.41, 5.74) is 1.23. The van der Waals surface area contributed by atoms with Crippen LogP contribution < -0.4 is 5.32 Å². The number of imidazole rings is 1. The van der Waals surface area contributed by atoms with Gasteiger partial charge < -0.3 is 14.3 Å². The van der Waals surface area contributed by atoms with E-state index in [1.54, 1.807) is 18.0 Å². The lowest BCUT2D eigenvalue weighted by atomic mass is 10.2. The number of aromatic nitrogens is 2. The fraction of sp³-hybridized carbons (Fsp3) is 0.222. The van der Waals surface area contributed by atoms with Crippen molar-refractivity contribution in [2.75, 3.05) is 6.54 Å². The molecule has 122 valence electrons. The van der Waals surface area contributed by atoms with Crippen LogP contribution in [0.25, 0.3) is 11.6 Å². The number of furan rings is 1. The van der Waals surface area contributed by atoms with Crippen molar-refractivity contribution in [2.45, 2.75) is 29.4 Å². The van der Waals surface area contributed by atoms with E-state index >= 15 is 0 Å². The van der Waals surface area contributed by atoms with Gasteiger partial charge in [0, 0.05) is 23.8 Å². The number of hydrogen-bond donors (Lipinski definition) is 1. The third kappa shape index (κ3) is 2.85. The van der Waals surface area contributed by atoms with E-state index in [1.807, 2.05) is 22.9 Å². The maximum absolute atomic E-state index is 11.9. The predicted molar refractivity (Wildman–Crippen MR) is 91.9 cm³/mol. The lowest BCUT2D eigenvalue weighted by Crippen LogP contribution is -2.21. The first-order valence-corrected chi connectivity index (χ1v) is 8.67. The second-order valence-electron chi connectivity index (χ2n) is 5.79. The highest BCUT2D eigenvalue weighted by Gasteiger charge is 2.28. The van der Waals surface area contributed by atoms with Gasteiger partial charge >= 0.3 is 0 Å². The summed E-state index contributed by atoms with van der Waals surface area (Å²) in [6.07, 6.45) is 4.31. The Morgan fingerprint density at radius 3 is 2.83 bits per heavy atom. The number of benzene rings is 1. The van der Waals surface area contributed by atoms with Crippen LogP contribution in [0.4, 0.5) is 0 Å². The monoisotopic (exact) mass is 339 g/mol. The summed E-state index contributed by atoms with van der Waals surface area (Å²) in [7, 11) is 0. The van der Waals surface area contributed by atoms with Gasteiger partial charge in [0.2, 0.25) is 5.91 Å². The molecule has 6 heteroatoms. The van der Waals surface area contributed by atoms with E-state index in [0.717, 1.165) is 16.4 Å². The van der Waals surface area contributed by atoms with Crippen molar-refractivity contribution in [1.82, 2.24) is 14.9 Å². The molecular formula is C18H17N3O2S. The van der Waals surface area contributed by atoms with Crippen LogP contribution in [-0.2, 0) is 4.79 Å². The topological polar surface area (TPSA) is 60.1 Å². The van der Waals surface area contributed by atoms with Crippen LogP contribution in [0.3, 0.4) is 0 Å². The molecule has 0 spiro atoms. The molecule has 3 heterocycles. The number of amides is 1. The van der Waals surface area contributed by atoms with Gasteiger partial charge in [-0.15, -0.1) is 0 Å². The minimum Gasteiger partial charge on any atom is -0.446 e. The number of hydrogen-bond acceptors (Lipinski definition) is 4. The minimum absolute atomic E-state index is 0.0371. The Hall–Kier alpha value is -2.47. The quantitative estimate of drug-likeness (QED) is 0.788. The van der Waals surface area contributed by atoms with Crippen molar-refractivity contribution >= 4 is 17.7 Å². The maximum atomic E-state index is 11.9. The van der Waals surface area contributed by atoms with Crippen LogP contribution >= 0.6 is 11.8 Å². The van der Waals surface area contributed by atoms with E-state index in [2.05, 4.69) is 41.5 Å². The van der Waals surface area contributed by atoms with E-state index in [4.69, 9.17) is 4.42 Å². The van der Waals surface area contributed by atoms with Gasteiger partial charge in [-0.2, -0.15) is 0 Å². The van der Waals surface area contributed by atoms with Crippen LogP contribution in [0.5, 0.6) is 0 Å². The number of nitrogens with zero attached hydrogens (tertiary/aromatic N) is 2. The van der Waals surface area contributed by atoms with Crippen molar-refractivity contribution in [1.29, 1.82) is 0 Å². The summed E-state index contributed by atoms with van der Waals surface area (Å²) in [4.78, 5) is 17.4. The zero-order chi connectivity index (χ0) is 16.5. The number of nitrogens with one attached hydrogen (secondary N) is 1. The van der Waals surface area contributed by atoms with Crippen LogP contribution in [0, 0.1) is 6.92 Å². The first-order valence-electron chi connectivity index (χ1n) is 7.86. The normalized spacial score (nSPS) is 17.2. The summed E-state index contributed by atoms with van der Waals surface area (Å²) >= 11 is 1.57. The molecule has 0 bridgehead atoms. The molecule has 2 aromatic heterocycles. The Morgan fingerprint density at radius 1 is 1.25 bits per heavy atom. The molecule has 1 saturated heterocycles. The van der Waals surface area contributed by atoms with Gasteiger partial charge in [-0.1, -0.05) is 29.5 Å². The molecule has 4 rings (SSSR count). The van der Waals surface area contributed by atoms with E-state index in [-0.39, 0.29) is 11.9 Å². The van der Waals surface area contributed by atoms with Gasteiger partial charge in [-0.25, -0.2) is 4.98 Å². The highest BCUT2D eigenvalue weighted by Crippen LogP contribution is 2.33. The average Bonchev–Trinajstić information content (AvgIpc) is 3.29. The molecule has 1 atom stereocenters. The lowest BCUT2D eigenvalue weighted by Gasteiger charge is -2.11.